The van der Waals surface area contributed by atoms with E-state index in [2.05, 4.69) is 13.0 Å². The van der Waals surface area contributed by atoms with Crippen LogP contribution in [0.25, 0.3) is 0 Å². The van der Waals surface area contributed by atoms with Gasteiger partial charge in [0.25, 0.3) is 5.91 Å². The molecule has 0 atom stereocenters. The lowest BCUT2D eigenvalue weighted by atomic mass is 10.1. The molecule has 1 heterocycles. The third-order valence-corrected chi connectivity index (χ3v) is 3.86. The van der Waals surface area contributed by atoms with Crippen molar-refractivity contribution in [2.24, 2.45) is 0 Å². The zero-order valence-electron chi connectivity index (χ0n) is 11.9. The molecule has 3 heteroatoms. The van der Waals surface area contributed by atoms with Gasteiger partial charge in [0.1, 0.15) is 5.75 Å². The van der Waals surface area contributed by atoms with Gasteiger partial charge in [-0.3, -0.25) is 4.79 Å². The summed E-state index contributed by atoms with van der Waals surface area (Å²) in [4.78, 5) is 14.1. The number of hydrogen-bond donors (Lipinski definition) is 0. The molecule has 0 bridgehead atoms. The number of rotatable bonds is 3. The summed E-state index contributed by atoms with van der Waals surface area (Å²) in [6, 6.07) is 5.95. The molecule has 0 aliphatic carbocycles. The summed E-state index contributed by atoms with van der Waals surface area (Å²) in [5.41, 5.74) is 2.31. The number of likely N-dealkylation sites (tertiary alicyclic amines) is 1. The second-order valence-corrected chi connectivity index (χ2v) is 5.28. The Kier molecular flexibility index (Phi) is 4.83. The molecule has 0 unspecified atom stereocenters. The summed E-state index contributed by atoms with van der Waals surface area (Å²) in [5.74, 6) is 0.936. The fourth-order valence-corrected chi connectivity index (χ4v) is 2.43. The molecule has 0 saturated carbocycles. The summed E-state index contributed by atoms with van der Waals surface area (Å²) < 4.78 is 5.68. The number of benzene rings is 1. The molecule has 0 N–H and O–H groups in total. The van der Waals surface area contributed by atoms with Crippen molar-refractivity contribution >= 4 is 5.91 Å². The first-order valence-electron chi connectivity index (χ1n) is 7.15. The number of aryl methyl sites for hydroxylation is 1. The highest BCUT2D eigenvalue weighted by Crippen LogP contribution is 2.20. The molecule has 2 rings (SSSR count). The average molecular weight is 261 g/mol. The molecule has 19 heavy (non-hydrogen) atoms. The van der Waals surface area contributed by atoms with Crippen molar-refractivity contribution in [3.63, 3.8) is 0 Å². The maximum absolute atomic E-state index is 12.1. The first kappa shape index (κ1) is 13.9. The van der Waals surface area contributed by atoms with Crippen molar-refractivity contribution in [2.75, 3.05) is 19.7 Å². The monoisotopic (exact) mass is 261 g/mol. The minimum atomic E-state index is 0.114. The molecule has 1 amide bonds. The largest absolute Gasteiger partial charge is 0.483 e. The second kappa shape index (κ2) is 6.60. The summed E-state index contributed by atoms with van der Waals surface area (Å²) in [6.07, 6.45) is 4.72. The van der Waals surface area contributed by atoms with Crippen molar-refractivity contribution in [2.45, 2.75) is 39.5 Å². The van der Waals surface area contributed by atoms with Gasteiger partial charge in [0, 0.05) is 13.1 Å². The Morgan fingerprint density at radius 2 is 1.84 bits per heavy atom. The molecule has 3 nitrogen and oxygen atoms in total. The van der Waals surface area contributed by atoms with E-state index >= 15 is 0 Å². The molecule has 1 aliphatic rings. The van der Waals surface area contributed by atoms with Crippen molar-refractivity contribution < 1.29 is 9.53 Å². The third-order valence-electron chi connectivity index (χ3n) is 3.86. The van der Waals surface area contributed by atoms with E-state index in [4.69, 9.17) is 4.74 Å². The zero-order chi connectivity index (χ0) is 13.7. The fraction of sp³-hybridized carbons (Fsp3) is 0.562. The number of amides is 1. The van der Waals surface area contributed by atoms with Gasteiger partial charge in [-0.1, -0.05) is 25.0 Å². The number of carbonyl (C=O) groups excluding carboxylic acids is 1. The number of hydrogen-bond acceptors (Lipinski definition) is 2. The van der Waals surface area contributed by atoms with Crippen LogP contribution in [0.3, 0.4) is 0 Å². The molecule has 1 aliphatic heterocycles. The van der Waals surface area contributed by atoms with Crippen LogP contribution >= 0.6 is 0 Å². The van der Waals surface area contributed by atoms with Gasteiger partial charge in [0.15, 0.2) is 6.61 Å². The Labute approximate surface area is 115 Å². The Hall–Kier alpha value is -1.51. The quantitative estimate of drug-likeness (QED) is 0.837. The SMILES string of the molecule is Cc1cccc(OCC(=O)N2CCCCCC2)c1C. The van der Waals surface area contributed by atoms with Gasteiger partial charge in [-0.15, -0.1) is 0 Å². The highest BCUT2D eigenvalue weighted by atomic mass is 16.5. The van der Waals surface area contributed by atoms with E-state index in [9.17, 15) is 4.79 Å². The van der Waals surface area contributed by atoms with Crippen molar-refractivity contribution in [1.82, 2.24) is 4.90 Å². The molecule has 0 radical (unpaired) electrons. The average Bonchev–Trinajstić information content (AvgIpc) is 2.69. The maximum Gasteiger partial charge on any atom is 0.260 e. The summed E-state index contributed by atoms with van der Waals surface area (Å²) in [5, 5.41) is 0. The molecular formula is C16H23NO2. The van der Waals surface area contributed by atoms with E-state index in [0.717, 1.165) is 37.2 Å². The maximum atomic E-state index is 12.1. The first-order chi connectivity index (χ1) is 9.18. The highest BCUT2D eigenvalue weighted by Gasteiger charge is 2.16. The van der Waals surface area contributed by atoms with Crippen LogP contribution in [-0.2, 0) is 4.79 Å². The fourth-order valence-electron chi connectivity index (χ4n) is 2.43. The van der Waals surface area contributed by atoms with Crippen molar-refractivity contribution in [3.05, 3.63) is 29.3 Å². The van der Waals surface area contributed by atoms with Gasteiger partial charge in [0.05, 0.1) is 0 Å². The Balaban J connectivity index is 1.90. The third kappa shape index (κ3) is 3.72. The topological polar surface area (TPSA) is 29.5 Å². The normalized spacial score (nSPS) is 16.0. The van der Waals surface area contributed by atoms with Crippen LogP contribution in [0.1, 0.15) is 36.8 Å². The van der Waals surface area contributed by atoms with E-state index in [1.54, 1.807) is 0 Å². The molecule has 0 spiro atoms. The Morgan fingerprint density at radius 1 is 1.16 bits per heavy atom. The van der Waals surface area contributed by atoms with Crippen LogP contribution in [0.2, 0.25) is 0 Å². The van der Waals surface area contributed by atoms with E-state index in [0.29, 0.717) is 0 Å². The van der Waals surface area contributed by atoms with Crippen LogP contribution < -0.4 is 4.74 Å². The predicted octanol–water partition coefficient (Wildman–Crippen LogP) is 3.08. The molecule has 1 aromatic rings. The summed E-state index contributed by atoms with van der Waals surface area (Å²) in [7, 11) is 0. The van der Waals surface area contributed by atoms with Gasteiger partial charge in [-0.2, -0.15) is 0 Å². The van der Waals surface area contributed by atoms with Gasteiger partial charge in [0.2, 0.25) is 0 Å². The predicted molar refractivity (Wildman–Crippen MR) is 76.5 cm³/mol. The van der Waals surface area contributed by atoms with Crippen LogP contribution in [0.15, 0.2) is 18.2 Å². The van der Waals surface area contributed by atoms with Crippen LogP contribution in [0, 0.1) is 13.8 Å². The van der Waals surface area contributed by atoms with Gasteiger partial charge in [-0.05, 0) is 43.9 Å². The number of carbonyl (C=O) groups is 1. The van der Waals surface area contributed by atoms with Crippen LogP contribution in [0.4, 0.5) is 0 Å². The Bertz CT molecular complexity index is 434. The smallest absolute Gasteiger partial charge is 0.260 e. The molecule has 1 aromatic carbocycles. The molecule has 0 aromatic heterocycles. The highest BCUT2D eigenvalue weighted by molar-refractivity contribution is 5.77. The van der Waals surface area contributed by atoms with E-state index in [1.165, 1.54) is 18.4 Å². The molecular weight excluding hydrogens is 238 g/mol. The lowest BCUT2D eigenvalue weighted by Crippen LogP contribution is -2.35. The lowest BCUT2D eigenvalue weighted by Gasteiger charge is -2.20. The standard InChI is InChI=1S/C16H23NO2/c1-13-8-7-9-15(14(13)2)19-12-16(18)17-10-5-3-4-6-11-17/h7-9H,3-6,10-12H2,1-2H3. The van der Waals surface area contributed by atoms with E-state index in [-0.39, 0.29) is 12.5 Å². The van der Waals surface area contributed by atoms with Crippen molar-refractivity contribution in [1.29, 1.82) is 0 Å². The molecule has 1 saturated heterocycles. The lowest BCUT2D eigenvalue weighted by molar-refractivity contribution is -0.133. The van der Waals surface area contributed by atoms with Gasteiger partial charge >= 0.3 is 0 Å². The van der Waals surface area contributed by atoms with Crippen LogP contribution in [0.5, 0.6) is 5.75 Å². The molecule has 104 valence electrons. The number of ether oxygens (including phenoxy) is 1. The zero-order valence-corrected chi connectivity index (χ0v) is 11.9. The first-order valence-corrected chi connectivity index (χ1v) is 7.15. The van der Waals surface area contributed by atoms with E-state index < -0.39 is 0 Å². The second-order valence-electron chi connectivity index (χ2n) is 5.28. The summed E-state index contributed by atoms with van der Waals surface area (Å²) in [6.45, 7) is 6.01. The van der Waals surface area contributed by atoms with Crippen molar-refractivity contribution in [3.8, 4) is 5.75 Å². The summed E-state index contributed by atoms with van der Waals surface area (Å²) >= 11 is 0. The minimum absolute atomic E-state index is 0.114. The minimum Gasteiger partial charge on any atom is -0.483 e. The van der Waals surface area contributed by atoms with Crippen LogP contribution in [-0.4, -0.2) is 30.5 Å². The number of nitrogens with zero attached hydrogens (tertiary/aromatic N) is 1. The Morgan fingerprint density at radius 3 is 2.53 bits per heavy atom. The van der Waals surface area contributed by atoms with Gasteiger partial charge < -0.3 is 9.64 Å². The van der Waals surface area contributed by atoms with E-state index in [1.807, 2.05) is 24.0 Å². The molecule has 1 fully saturated rings. The van der Waals surface area contributed by atoms with Gasteiger partial charge in [-0.25, -0.2) is 0 Å².